The highest BCUT2D eigenvalue weighted by molar-refractivity contribution is 6.36. The molecular weight excluding hydrogens is 316 g/mol. The summed E-state index contributed by atoms with van der Waals surface area (Å²) in [7, 11) is 0. The van der Waals surface area contributed by atoms with Gasteiger partial charge in [0.2, 0.25) is 1.43 Å². The van der Waals surface area contributed by atoms with Crippen LogP contribution in [0.3, 0.4) is 0 Å². The second-order valence-electron chi connectivity index (χ2n) is 5.44. The van der Waals surface area contributed by atoms with E-state index in [0.717, 1.165) is 11.1 Å². The number of benzene rings is 2. The van der Waals surface area contributed by atoms with E-state index in [2.05, 4.69) is 5.11 Å². The molecule has 0 aliphatic carbocycles. The van der Waals surface area contributed by atoms with Crippen LogP contribution >= 0.6 is 11.6 Å². The number of aromatic nitrogens is 1. The van der Waals surface area contributed by atoms with Gasteiger partial charge >= 0.3 is 0 Å². The molecule has 0 fully saturated rings. The molecule has 0 saturated carbocycles. The van der Waals surface area contributed by atoms with Crippen molar-refractivity contribution in [1.82, 2.24) is 4.57 Å². The maximum Gasteiger partial charge on any atom is 0.270 e. The maximum atomic E-state index is 11.0. The largest absolute Gasteiger partial charge is 0.390 e. The van der Waals surface area contributed by atoms with Gasteiger partial charge in [0.1, 0.15) is 0 Å². The fraction of sp³-hybridized carbons (Fsp3) is 0.176. The summed E-state index contributed by atoms with van der Waals surface area (Å²) in [5.74, 6) is 0. The summed E-state index contributed by atoms with van der Waals surface area (Å²) >= 11 is 6.40. The summed E-state index contributed by atoms with van der Waals surface area (Å²) < 4.78 is 8.98. The van der Waals surface area contributed by atoms with Crippen LogP contribution in [0.5, 0.6) is 0 Å². The van der Waals surface area contributed by atoms with Crippen LogP contribution in [0.4, 0.5) is 5.69 Å². The van der Waals surface area contributed by atoms with Gasteiger partial charge in [-0.3, -0.25) is 10.1 Å². The minimum atomic E-state index is -0.451. The Labute approximate surface area is 139 Å². The van der Waals surface area contributed by atoms with Crippen molar-refractivity contribution in [3.63, 3.8) is 0 Å². The molecular formula is C17H15ClN2O3. The summed E-state index contributed by atoms with van der Waals surface area (Å²) in [6, 6.07) is 12.7. The molecule has 5 nitrogen and oxygen atoms in total. The zero-order chi connectivity index (χ0) is 17.3. The van der Waals surface area contributed by atoms with Crippen LogP contribution in [0.15, 0.2) is 42.5 Å². The molecule has 0 aliphatic heterocycles. The Kier molecular flexibility index (Phi) is 3.73. The molecule has 118 valence electrons. The molecule has 0 aliphatic rings. The topological polar surface area (TPSA) is 68.3 Å². The monoisotopic (exact) mass is 332 g/mol. The fourth-order valence-corrected chi connectivity index (χ4v) is 2.97. The number of aryl methyl sites for hydroxylation is 1. The van der Waals surface area contributed by atoms with Gasteiger partial charge in [0.05, 0.1) is 27.8 Å². The van der Waals surface area contributed by atoms with Gasteiger partial charge in [-0.15, -0.1) is 0 Å². The van der Waals surface area contributed by atoms with Gasteiger partial charge in [0.25, 0.3) is 5.69 Å². The van der Waals surface area contributed by atoms with Crippen molar-refractivity contribution in [2.45, 2.75) is 20.1 Å². The number of hydrogen-bond donors (Lipinski definition) is 1. The molecule has 0 spiro atoms. The number of nitrogens with zero attached hydrogens (tertiary/aromatic N) is 2. The van der Waals surface area contributed by atoms with E-state index in [9.17, 15) is 10.1 Å². The van der Waals surface area contributed by atoms with Crippen molar-refractivity contribution in [2.24, 2.45) is 0 Å². The minimum Gasteiger partial charge on any atom is -0.390 e. The minimum absolute atomic E-state index is 0.00712. The quantitative estimate of drug-likeness (QED) is 0.566. The molecule has 1 heterocycles. The van der Waals surface area contributed by atoms with Crippen LogP contribution < -0.4 is 0 Å². The smallest absolute Gasteiger partial charge is 0.270 e. The predicted molar refractivity (Wildman–Crippen MR) is 89.8 cm³/mol. The molecule has 1 aromatic heterocycles. The summed E-state index contributed by atoms with van der Waals surface area (Å²) in [6.07, 6.45) is 0. The molecule has 0 amide bonds. The average molecular weight is 333 g/mol. The molecule has 2 aromatic carbocycles. The van der Waals surface area contributed by atoms with Crippen LogP contribution in [0.25, 0.3) is 10.9 Å². The van der Waals surface area contributed by atoms with Gasteiger partial charge in [-0.2, -0.15) is 0 Å². The van der Waals surface area contributed by atoms with E-state index < -0.39 is 4.92 Å². The van der Waals surface area contributed by atoms with Crippen molar-refractivity contribution < 1.29 is 10.0 Å². The lowest BCUT2D eigenvalue weighted by atomic mass is 10.1. The molecule has 3 rings (SSSR count). The number of aliphatic hydroxyl groups excluding tert-OH is 1. The molecule has 3 aromatic rings. The maximum absolute atomic E-state index is 11.0. The van der Waals surface area contributed by atoms with Crippen molar-refractivity contribution in [1.29, 1.82) is 1.43 Å². The number of non-ortho nitro benzene ring substituents is 1. The first kappa shape index (κ1) is 14.2. The molecule has 0 saturated heterocycles. The Balaban J connectivity index is 2.15. The van der Waals surface area contributed by atoms with Crippen LogP contribution in [0.1, 0.15) is 16.8 Å². The predicted octanol–water partition coefficient (Wildman–Crippen LogP) is 4.05. The normalized spacial score (nSPS) is 11.7. The van der Waals surface area contributed by atoms with Gasteiger partial charge in [0.15, 0.2) is 0 Å². The average Bonchev–Trinajstić information content (AvgIpc) is 2.82. The molecule has 0 radical (unpaired) electrons. The van der Waals surface area contributed by atoms with Crippen LogP contribution in [-0.4, -0.2) is 16.0 Å². The number of nitro groups is 1. The number of aliphatic hydroxyl groups is 1. The second-order valence-corrected chi connectivity index (χ2v) is 5.81. The molecule has 0 unspecified atom stereocenters. The number of fused-ring (bicyclic) bond motifs is 1. The van der Waals surface area contributed by atoms with Gasteiger partial charge < -0.3 is 9.68 Å². The molecule has 0 bridgehead atoms. The van der Waals surface area contributed by atoms with Crippen LogP contribution in [0.2, 0.25) is 5.02 Å². The van der Waals surface area contributed by atoms with E-state index in [0.29, 0.717) is 22.6 Å². The Hall–Kier alpha value is -2.37. The highest BCUT2D eigenvalue weighted by atomic mass is 35.5. The third-order valence-corrected chi connectivity index (χ3v) is 4.32. The molecule has 1 N–H and O–H groups in total. The molecule has 6 heteroatoms. The van der Waals surface area contributed by atoms with E-state index in [1.807, 2.05) is 35.8 Å². The van der Waals surface area contributed by atoms with E-state index in [-0.39, 0.29) is 12.3 Å². The number of nitro benzene ring substituents is 1. The first-order valence-corrected chi connectivity index (χ1v) is 7.47. The summed E-state index contributed by atoms with van der Waals surface area (Å²) in [6.45, 7) is 2.57. The number of hydrogen-bond acceptors (Lipinski definition) is 3. The molecule has 0 atom stereocenters. The number of halogens is 1. The van der Waals surface area contributed by atoms with Gasteiger partial charge in [-0.1, -0.05) is 41.4 Å². The van der Waals surface area contributed by atoms with E-state index in [4.69, 9.17) is 13.0 Å². The van der Waals surface area contributed by atoms with Crippen LogP contribution in [-0.2, 0) is 13.2 Å². The van der Waals surface area contributed by atoms with Gasteiger partial charge in [-0.25, -0.2) is 0 Å². The first-order valence-electron chi connectivity index (χ1n) is 7.50. The third-order valence-electron chi connectivity index (χ3n) is 3.90. The Morgan fingerprint density at radius 1 is 1.30 bits per heavy atom. The van der Waals surface area contributed by atoms with Crippen molar-refractivity contribution in [3.05, 3.63) is 74.4 Å². The highest BCUT2D eigenvalue weighted by Gasteiger charge is 2.18. The zero-order valence-electron chi connectivity index (χ0n) is 13.5. The highest BCUT2D eigenvalue weighted by Crippen LogP contribution is 2.34. The second kappa shape index (κ2) is 6.02. The lowest BCUT2D eigenvalue weighted by Gasteiger charge is -2.10. The van der Waals surface area contributed by atoms with E-state index in [1.165, 1.54) is 17.7 Å². The van der Waals surface area contributed by atoms with Crippen LogP contribution in [0, 0.1) is 17.0 Å². The van der Waals surface area contributed by atoms with Gasteiger partial charge in [-0.05, 0) is 18.6 Å². The lowest BCUT2D eigenvalue weighted by molar-refractivity contribution is -0.384. The summed E-state index contributed by atoms with van der Waals surface area (Å²) in [5, 5.41) is 16.5. The Morgan fingerprint density at radius 2 is 2.04 bits per heavy atom. The van der Waals surface area contributed by atoms with Crippen molar-refractivity contribution in [3.8, 4) is 0 Å². The zero-order valence-corrected chi connectivity index (χ0v) is 13.2. The fourth-order valence-electron chi connectivity index (χ4n) is 2.67. The van der Waals surface area contributed by atoms with Gasteiger partial charge in [0, 0.05) is 24.1 Å². The summed E-state index contributed by atoms with van der Waals surface area (Å²) in [5.41, 5.74) is 3.62. The molecule has 23 heavy (non-hydrogen) atoms. The van der Waals surface area contributed by atoms with Crippen molar-refractivity contribution in [2.75, 3.05) is 0 Å². The first-order chi connectivity index (χ1) is 11.5. The Morgan fingerprint density at radius 3 is 2.70 bits per heavy atom. The standard InChI is InChI=1S/C17H15ClN2O3/c1-11-2-4-12(5-3-11)9-19-15-7-6-13(20(22)23)8-14(15)17(18)16(19)10-21/h2-8,21H,9-10H2,1H3/i21T. The van der Waals surface area contributed by atoms with E-state index >= 15 is 0 Å². The SMILES string of the molecule is [3H]OCc1c(Cl)c2cc([N+](=O)[O-])ccc2n1Cc1ccc(C)cc1. The number of rotatable bonds is 5. The van der Waals surface area contributed by atoms with Crippen molar-refractivity contribution >= 4 is 28.2 Å². The lowest BCUT2D eigenvalue weighted by Crippen LogP contribution is -2.04. The Bertz CT molecular complexity index is 906. The van der Waals surface area contributed by atoms with E-state index in [1.54, 1.807) is 6.07 Å². The summed E-state index contributed by atoms with van der Waals surface area (Å²) in [4.78, 5) is 10.5. The third kappa shape index (κ3) is 2.81.